The number of rotatable bonds is 25. The van der Waals surface area contributed by atoms with E-state index in [4.69, 9.17) is 14.2 Å². The maximum absolute atomic E-state index is 14.2. The van der Waals surface area contributed by atoms with Gasteiger partial charge in [0.25, 0.3) is 11.8 Å². The zero-order valence-corrected chi connectivity index (χ0v) is 55.3. The summed E-state index contributed by atoms with van der Waals surface area (Å²) in [6.45, 7) is 5.27. The van der Waals surface area contributed by atoms with E-state index in [0.29, 0.717) is 100 Å². The number of likely N-dealkylation sites (tertiary alicyclic amines) is 2. The van der Waals surface area contributed by atoms with E-state index in [2.05, 4.69) is 32.1 Å². The molecule has 0 radical (unpaired) electrons. The van der Waals surface area contributed by atoms with Crippen LogP contribution >= 0.6 is 0 Å². The number of hydrogen-bond donors (Lipinski definition) is 1. The number of carbonyl (C=O) groups is 5. The molecule has 23 heteroatoms. The van der Waals surface area contributed by atoms with Crippen molar-refractivity contribution in [2.24, 2.45) is 0 Å². The van der Waals surface area contributed by atoms with Gasteiger partial charge in [0, 0.05) is 115 Å². The first-order valence-corrected chi connectivity index (χ1v) is 33.2. The van der Waals surface area contributed by atoms with Gasteiger partial charge < -0.3 is 48.5 Å². The Morgan fingerprint density at radius 3 is 1.96 bits per heavy atom. The maximum atomic E-state index is 14.2. The van der Waals surface area contributed by atoms with Crippen LogP contribution in [0.1, 0.15) is 106 Å². The van der Waals surface area contributed by atoms with Crippen LogP contribution in [0.3, 0.4) is 0 Å². The van der Waals surface area contributed by atoms with Crippen molar-refractivity contribution >= 4 is 41.1 Å². The molecule has 16 nitrogen and oxygen atoms in total. The molecule has 0 aromatic heterocycles. The number of carbonyl (C=O) groups excluding carboxylic acids is 5. The van der Waals surface area contributed by atoms with Gasteiger partial charge in [0.05, 0.1) is 29.5 Å². The highest BCUT2D eigenvalue weighted by Crippen LogP contribution is 2.49. The van der Waals surface area contributed by atoms with E-state index in [9.17, 15) is 54.7 Å². The highest BCUT2D eigenvalue weighted by atomic mass is 19.4. The van der Waals surface area contributed by atoms with Gasteiger partial charge in [-0.05, 0) is 154 Å². The number of benzene rings is 6. The normalized spacial score (nSPS) is 18.2. The van der Waals surface area contributed by atoms with Crippen LogP contribution in [0.25, 0.3) is 11.1 Å². The molecule has 10 rings (SSSR count). The van der Waals surface area contributed by atoms with Gasteiger partial charge in [-0.3, -0.25) is 24.5 Å². The van der Waals surface area contributed by atoms with Crippen LogP contribution in [0.2, 0.25) is 0 Å². The summed E-state index contributed by atoms with van der Waals surface area (Å²) in [5.74, 6) is -1.85. The molecule has 2 atom stereocenters. The summed E-state index contributed by atoms with van der Waals surface area (Å²) >= 11 is 0. The highest BCUT2D eigenvalue weighted by Gasteiger charge is 2.50. The van der Waals surface area contributed by atoms with Crippen LogP contribution in [0.5, 0.6) is 0 Å². The van der Waals surface area contributed by atoms with Crippen molar-refractivity contribution < 1.29 is 68.9 Å². The minimum atomic E-state index is -5.15. The molecule has 1 unspecified atom stereocenters. The fourth-order valence-electron chi connectivity index (χ4n) is 13.8. The summed E-state index contributed by atoms with van der Waals surface area (Å²) in [5.41, 5.74) is 1.23. The fraction of sp³-hybridized carbons (Fsp3) is 0.446. The van der Waals surface area contributed by atoms with Crippen molar-refractivity contribution in [1.82, 2.24) is 29.4 Å². The number of hydrogen-bond acceptors (Lipinski definition) is 11. The van der Waals surface area contributed by atoms with Crippen molar-refractivity contribution in [3.05, 3.63) is 190 Å². The molecule has 1 aliphatic carbocycles. The van der Waals surface area contributed by atoms with E-state index in [-0.39, 0.29) is 55.6 Å². The second-order valence-electron chi connectivity index (χ2n) is 26.1. The first-order valence-electron chi connectivity index (χ1n) is 33.2. The van der Waals surface area contributed by atoms with E-state index < -0.39 is 64.6 Å². The van der Waals surface area contributed by atoms with E-state index >= 15 is 0 Å². The molecule has 3 fully saturated rings. The van der Waals surface area contributed by atoms with Crippen LogP contribution in [-0.2, 0) is 53.6 Å². The maximum Gasteiger partial charge on any atom is 0.416 e. The van der Waals surface area contributed by atoms with Crippen LogP contribution in [0.4, 0.5) is 46.9 Å². The molecule has 5 amide bonds. The predicted octanol–water partition coefficient (Wildman–Crippen LogP) is 12.6. The fourth-order valence-corrected chi connectivity index (χ4v) is 13.8. The lowest BCUT2D eigenvalue weighted by atomic mass is 9.72. The molecule has 0 bridgehead atoms. The van der Waals surface area contributed by atoms with Gasteiger partial charge in [-0.15, -0.1) is 0 Å². The van der Waals surface area contributed by atoms with Crippen molar-refractivity contribution in [2.45, 2.75) is 99.8 Å². The number of amides is 5. The van der Waals surface area contributed by atoms with Crippen LogP contribution in [0.15, 0.2) is 146 Å². The zero-order chi connectivity index (χ0) is 69.1. The number of anilines is 2. The van der Waals surface area contributed by atoms with Crippen molar-refractivity contribution in [3.63, 3.8) is 0 Å². The molecular weight excluding hydrogens is 1260 g/mol. The monoisotopic (exact) mass is 1350 g/mol. The molecule has 518 valence electrons. The van der Waals surface area contributed by atoms with Gasteiger partial charge in [0.2, 0.25) is 11.8 Å². The third-order valence-electron chi connectivity index (χ3n) is 19.7. The molecule has 6 aromatic carbocycles. The van der Waals surface area contributed by atoms with Gasteiger partial charge in [0.15, 0.2) is 0 Å². The number of nitrogens with zero attached hydrogens (tertiary/aromatic N) is 7. The Morgan fingerprint density at radius 2 is 1.27 bits per heavy atom. The van der Waals surface area contributed by atoms with Gasteiger partial charge in [-0.1, -0.05) is 84.9 Å². The Hall–Kier alpha value is -8.38. The summed E-state index contributed by atoms with van der Waals surface area (Å²) in [6.07, 6.45) is -5.09. The largest absolute Gasteiger partial charge is 0.446 e. The minimum Gasteiger partial charge on any atom is -0.446 e. The summed E-state index contributed by atoms with van der Waals surface area (Å²) in [5, 5.41) is 2.93. The first kappa shape index (κ1) is 71.4. The number of unbranched alkanes of at least 4 members (excludes halogenated alkanes) is 1. The number of halogens is 7. The SMILES string of the molecule is CN(CCN1CCC(OC(=O)Nc2ccccc2-c2ccccc2)CC1)C(=O)CCCCN(C)c1ccc(C(=O)N(C)CCCN(C)C(=O)COC2Cc3ccccc3C23CCN(CC[C@@]2(c4ccc(F)cc4)CN(C(=O)c4cc(C(F)(F)F)cc(C(F)(F)F)c4)CO2)CC3)cc1. The quantitative estimate of drug-likeness (QED) is 0.0431. The van der Waals surface area contributed by atoms with Crippen LogP contribution in [-0.4, -0.2) is 185 Å². The molecule has 3 saturated heterocycles. The molecular formula is C74H85F7N8O8. The zero-order valence-electron chi connectivity index (χ0n) is 55.3. The molecule has 3 aliphatic heterocycles. The molecule has 3 heterocycles. The minimum absolute atomic E-state index is 0.0286. The topological polar surface area (TPSA) is 148 Å². The Balaban J connectivity index is 0.618. The lowest BCUT2D eigenvalue weighted by Crippen LogP contribution is -2.50. The van der Waals surface area contributed by atoms with Gasteiger partial charge in [-0.25, -0.2) is 9.18 Å². The smallest absolute Gasteiger partial charge is 0.416 e. The molecule has 4 aliphatic rings. The van der Waals surface area contributed by atoms with E-state index in [1.54, 1.807) is 28.8 Å². The lowest BCUT2D eigenvalue weighted by Gasteiger charge is -2.44. The van der Waals surface area contributed by atoms with E-state index in [0.717, 1.165) is 84.7 Å². The Morgan fingerprint density at radius 1 is 0.639 bits per heavy atom. The molecule has 97 heavy (non-hydrogen) atoms. The van der Waals surface area contributed by atoms with Gasteiger partial charge in [-0.2, -0.15) is 26.3 Å². The van der Waals surface area contributed by atoms with E-state index in [1.807, 2.05) is 105 Å². The summed E-state index contributed by atoms with van der Waals surface area (Å²) in [7, 11) is 7.29. The highest BCUT2D eigenvalue weighted by molar-refractivity contribution is 5.95. The standard InChI is InChI=1S/C74H85F7N8O8/c1-83(35-13-12-21-66(90)85(3)43-44-87-38-30-61(31-39-87)97-70(94)82-64-20-11-9-18-62(64)52-15-6-5-7-16-52)60-28-22-53(23-29-60)68(92)86(4)37-14-36-84(2)67(91)49-95-65-47-54-17-8-10-19-63(54)71(65)32-40-88(41-33-71)42-34-72(56-24-26-59(75)27-25-56)50-89(51-96-72)69(93)55-45-57(73(76,77)78)48-58(46-55)74(79,80)81/h5-11,15-20,22-29,45-46,48,61,65H,12-14,21,30-44,47,49-51H2,1-4H3,(H,82,94)/t65?,72-/m0/s1. The number of likely N-dealkylation sites (N-methyl/N-ethyl adjacent to an activating group) is 2. The van der Waals surface area contributed by atoms with Crippen molar-refractivity contribution in [1.29, 1.82) is 0 Å². The molecule has 0 saturated carbocycles. The number of nitrogens with one attached hydrogen (secondary N) is 1. The number of piperidine rings is 2. The Bertz CT molecular complexity index is 3650. The van der Waals surface area contributed by atoms with Gasteiger partial charge in [0.1, 0.15) is 30.9 Å². The molecule has 1 spiro atoms. The van der Waals surface area contributed by atoms with Crippen molar-refractivity contribution in [3.8, 4) is 11.1 Å². The first-order chi connectivity index (χ1) is 46.4. The average molecular weight is 1350 g/mol. The second-order valence-corrected chi connectivity index (χ2v) is 26.1. The number of alkyl halides is 6. The number of para-hydroxylation sites is 1. The van der Waals surface area contributed by atoms with Gasteiger partial charge >= 0.3 is 18.4 Å². The Labute approximate surface area is 562 Å². The summed E-state index contributed by atoms with van der Waals surface area (Å²) in [4.78, 5) is 79.7. The van der Waals surface area contributed by atoms with E-state index in [1.165, 1.54) is 24.3 Å². The second kappa shape index (κ2) is 31.4. The third-order valence-corrected chi connectivity index (χ3v) is 19.7. The van der Waals surface area contributed by atoms with Crippen molar-refractivity contribution in [2.75, 3.05) is 124 Å². The predicted molar refractivity (Wildman–Crippen MR) is 355 cm³/mol. The van der Waals surface area contributed by atoms with Crippen LogP contribution < -0.4 is 10.2 Å². The molecule has 1 N–H and O–H groups in total. The number of fused-ring (bicyclic) bond motifs is 2. The Kier molecular flexibility index (Phi) is 23.1. The summed E-state index contributed by atoms with van der Waals surface area (Å²) < 4.78 is 116. The third kappa shape index (κ3) is 17.9. The molecule has 6 aromatic rings. The van der Waals surface area contributed by atoms with Crippen LogP contribution in [0, 0.1) is 5.82 Å². The average Bonchev–Trinajstić information content (AvgIpc) is 1.59. The lowest BCUT2D eigenvalue weighted by molar-refractivity contribution is -0.143. The summed E-state index contributed by atoms with van der Waals surface area (Å²) in [6, 6.07) is 39.4. The number of ether oxygens (including phenoxy) is 3.